The first-order valence-corrected chi connectivity index (χ1v) is 4.33. The lowest BCUT2D eigenvalue weighted by Gasteiger charge is -1.96. The number of imidazole rings is 1. The fourth-order valence-electron chi connectivity index (χ4n) is 1.18. The molecule has 2 rings (SSSR count). The first-order chi connectivity index (χ1) is 6.79. The Morgan fingerprint density at radius 1 is 1.43 bits per heavy atom. The zero-order valence-corrected chi connectivity index (χ0v) is 7.86. The number of hydrogen-bond donors (Lipinski definition) is 2. The van der Waals surface area contributed by atoms with Gasteiger partial charge in [0.05, 0.1) is 0 Å². The third-order valence-electron chi connectivity index (χ3n) is 1.87. The van der Waals surface area contributed by atoms with Crippen LogP contribution < -0.4 is 5.73 Å². The largest absolute Gasteiger partial charge is 0.339 e. The Morgan fingerprint density at radius 3 is 2.93 bits per heavy atom. The monoisotopic (exact) mass is 189 g/mol. The molecule has 0 aliphatic carbocycles. The predicted molar refractivity (Wildman–Crippen MR) is 52.2 cm³/mol. The fourth-order valence-corrected chi connectivity index (χ4v) is 1.18. The van der Waals surface area contributed by atoms with Crippen molar-refractivity contribution in [2.75, 3.05) is 0 Å². The molecule has 0 amide bonds. The highest BCUT2D eigenvalue weighted by Gasteiger charge is 2.03. The molecule has 0 aromatic carbocycles. The van der Waals surface area contributed by atoms with E-state index in [-0.39, 0.29) is 0 Å². The summed E-state index contributed by atoms with van der Waals surface area (Å²) in [6, 6.07) is 1.81. The molecule has 5 heteroatoms. The van der Waals surface area contributed by atoms with Gasteiger partial charge in [-0.2, -0.15) is 0 Å². The van der Waals surface area contributed by atoms with Crippen molar-refractivity contribution in [2.24, 2.45) is 5.73 Å². The summed E-state index contributed by atoms with van der Waals surface area (Å²) in [5.41, 5.74) is 7.16. The second-order valence-corrected chi connectivity index (χ2v) is 2.95. The Kier molecular flexibility index (Phi) is 2.24. The maximum absolute atomic E-state index is 5.47. The van der Waals surface area contributed by atoms with Crippen LogP contribution in [0.2, 0.25) is 0 Å². The van der Waals surface area contributed by atoms with Gasteiger partial charge in [-0.15, -0.1) is 0 Å². The Labute approximate surface area is 81.4 Å². The molecule has 0 atom stereocenters. The van der Waals surface area contributed by atoms with Crippen LogP contribution in [0.15, 0.2) is 18.5 Å². The minimum Gasteiger partial charge on any atom is -0.339 e. The predicted octanol–water partition coefficient (Wildman–Crippen LogP) is 0.634. The zero-order valence-electron chi connectivity index (χ0n) is 7.86. The van der Waals surface area contributed by atoms with Gasteiger partial charge in [0.25, 0.3) is 0 Å². The average molecular weight is 189 g/mol. The molecule has 2 aromatic heterocycles. The Hall–Kier alpha value is -1.75. The van der Waals surface area contributed by atoms with E-state index in [0.717, 1.165) is 23.0 Å². The summed E-state index contributed by atoms with van der Waals surface area (Å²) in [7, 11) is 0. The molecule has 0 saturated carbocycles. The van der Waals surface area contributed by atoms with E-state index in [1.807, 2.05) is 13.0 Å². The van der Waals surface area contributed by atoms with Gasteiger partial charge in [0.15, 0.2) is 5.82 Å². The first kappa shape index (κ1) is 8.83. The third kappa shape index (κ3) is 1.62. The SMILES string of the molecule is Cc1nccc(-c2ncc(CN)[nH]2)n1. The fraction of sp³-hybridized carbons (Fsp3) is 0.222. The molecule has 0 saturated heterocycles. The molecule has 0 unspecified atom stereocenters. The van der Waals surface area contributed by atoms with Gasteiger partial charge in [-0.3, -0.25) is 0 Å². The standard InChI is InChI=1S/C9H11N5/c1-6-11-3-2-8(13-6)9-12-5-7(4-10)14-9/h2-3,5H,4,10H2,1H3,(H,12,14). The van der Waals surface area contributed by atoms with E-state index < -0.39 is 0 Å². The maximum Gasteiger partial charge on any atom is 0.156 e. The molecule has 2 aromatic rings. The molecule has 0 fully saturated rings. The summed E-state index contributed by atoms with van der Waals surface area (Å²) in [5, 5.41) is 0. The molecule has 0 aliphatic heterocycles. The Balaban J connectivity index is 2.39. The summed E-state index contributed by atoms with van der Waals surface area (Å²) in [4.78, 5) is 15.5. The molecule has 72 valence electrons. The smallest absolute Gasteiger partial charge is 0.156 e. The molecule has 5 nitrogen and oxygen atoms in total. The number of hydrogen-bond acceptors (Lipinski definition) is 4. The third-order valence-corrected chi connectivity index (χ3v) is 1.87. The minimum absolute atomic E-state index is 0.455. The van der Waals surface area contributed by atoms with Gasteiger partial charge >= 0.3 is 0 Å². The zero-order chi connectivity index (χ0) is 9.97. The number of aromatic nitrogens is 4. The highest BCUT2D eigenvalue weighted by atomic mass is 15.0. The molecule has 3 N–H and O–H groups in total. The maximum atomic E-state index is 5.47. The summed E-state index contributed by atoms with van der Waals surface area (Å²) in [6.07, 6.45) is 3.43. The van der Waals surface area contributed by atoms with Crippen LogP contribution >= 0.6 is 0 Å². The van der Waals surface area contributed by atoms with Crippen molar-refractivity contribution < 1.29 is 0 Å². The number of H-pyrrole nitrogens is 1. The van der Waals surface area contributed by atoms with Crippen molar-refractivity contribution in [1.82, 2.24) is 19.9 Å². The lowest BCUT2D eigenvalue weighted by molar-refractivity contribution is 1.00. The van der Waals surface area contributed by atoms with E-state index in [1.54, 1.807) is 12.4 Å². The summed E-state index contributed by atoms with van der Waals surface area (Å²) in [5.74, 6) is 1.46. The van der Waals surface area contributed by atoms with Crippen LogP contribution in [0, 0.1) is 6.92 Å². The van der Waals surface area contributed by atoms with E-state index in [9.17, 15) is 0 Å². The molecule has 14 heavy (non-hydrogen) atoms. The second-order valence-electron chi connectivity index (χ2n) is 2.95. The summed E-state index contributed by atoms with van der Waals surface area (Å²) < 4.78 is 0. The van der Waals surface area contributed by atoms with Crippen LogP contribution in [0.1, 0.15) is 11.5 Å². The van der Waals surface area contributed by atoms with Crippen molar-refractivity contribution in [3.63, 3.8) is 0 Å². The van der Waals surface area contributed by atoms with E-state index in [2.05, 4.69) is 19.9 Å². The van der Waals surface area contributed by atoms with Crippen molar-refractivity contribution in [3.8, 4) is 11.5 Å². The van der Waals surface area contributed by atoms with Gasteiger partial charge in [0.2, 0.25) is 0 Å². The molecular formula is C9H11N5. The molecule has 2 heterocycles. The highest BCUT2D eigenvalue weighted by molar-refractivity contribution is 5.48. The normalized spacial score (nSPS) is 10.4. The number of rotatable bonds is 2. The second kappa shape index (κ2) is 3.55. The topological polar surface area (TPSA) is 80.5 Å². The number of nitrogens with two attached hydrogens (primary N) is 1. The van der Waals surface area contributed by atoms with E-state index in [4.69, 9.17) is 5.73 Å². The highest BCUT2D eigenvalue weighted by Crippen LogP contribution is 2.11. The quantitative estimate of drug-likeness (QED) is 0.726. The van der Waals surface area contributed by atoms with Gasteiger partial charge in [-0.1, -0.05) is 0 Å². The number of aryl methyl sites for hydroxylation is 1. The van der Waals surface area contributed by atoms with Gasteiger partial charge in [0, 0.05) is 24.6 Å². The van der Waals surface area contributed by atoms with Gasteiger partial charge in [-0.25, -0.2) is 15.0 Å². The van der Waals surface area contributed by atoms with E-state index >= 15 is 0 Å². The van der Waals surface area contributed by atoms with Gasteiger partial charge in [-0.05, 0) is 13.0 Å². The molecule has 0 bridgehead atoms. The summed E-state index contributed by atoms with van der Waals surface area (Å²) >= 11 is 0. The van der Waals surface area contributed by atoms with Crippen LogP contribution in [0.4, 0.5) is 0 Å². The van der Waals surface area contributed by atoms with Crippen LogP contribution in [0.3, 0.4) is 0 Å². The molecular weight excluding hydrogens is 178 g/mol. The number of nitrogens with zero attached hydrogens (tertiary/aromatic N) is 3. The summed E-state index contributed by atoms with van der Waals surface area (Å²) in [6.45, 7) is 2.30. The average Bonchev–Trinajstić information content (AvgIpc) is 2.66. The Bertz CT molecular complexity index is 434. The number of nitrogens with one attached hydrogen (secondary N) is 1. The van der Waals surface area contributed by atoms with Crippen molar-refractivity contribution in [2.45, 2.75) is 13.5 Å². The lowest BCUT2D eigenvalue weighted by Crippen LogP contribution is -1.96. The Morgan fingerprint density at radius 2 is 2.29 bits per heavy atom. The first-order valence-electron chi connectivity index (χ1n) is 4.33. The molecule has 0 radical (unpaired) electrons. The van der Waals surface area contributed by atoms with Crippen molar-refractivity contribution >= 4 is 0 Å². The van der Waals surface area contributed by atoms with Crippen LogP contribution in [0.5, 0.6) is 0 Å². The molecule has 0 aliphatic rings. The lowest BCUT2D eigenvalue weighted by atomic mass is 10.4. The van der Waals surface area contributed by atoms with E-state index in [1.165, 1.54) is 0 Å². The van der Waals surface area contributed by atoms with Crippen LogP contribution in [-0.4, -0.2) is 19.9 Å². The van der Waals surface area contributed by atoms with Gasteiger partial charge in [0.1, 0.15) is 11.5 Å². The van der Waals surface area contributed by atoms with Crippen molar-refractivity contribution in [3.05, 3.63) is 30.0 Å². The van der Waals surface area contributed by atoms with Gasteiger partial charge < -0.3 is 10.7 Å². The minimum atomic E-state index is 0.455. The van der Waals surface area contributed by atoms with Crippen LogP contribution in [0.25, 0.3) is 11.5 Å². The van der Waals surface area contributed by atoms with Crippen molar-refractivity contribution in [1.29, 1.82) is 0 Å². The van der Waals surface area contributed by atoms with E-state index in [0.29, 0.717) is 6.54 Å². The van der Waals surface area contributed by atoms with Crippen LogP contribution in [-0.2, 0) is 6.54 Å². The number of aromatic amines is 1. The molecule has 0 spiro atoms.